The van der Waals surface area contributed by atoms with Crippen molar-refractivity contribution in [2.75, 3.05) is 26.4 Å². The van der Waals surface area contributed by atoms with Crippen LogP contribution in [0, 0.1) is 5.41 Å². The van der Waals surface area contributed by atoms with Gasteiger partial charge in [-0.1, -0.05) is 32.7 Å². The number of rotatable bonds is 6. The van der Waals surface area contributed by atoms with Gasteiger partial charge in [0.25, 0.3) is 0 Å². The van der Waals surface area contributed by atoms with Crippen molar-refractivity contribution in [3.63, 3.8) is 0 Å². The zero-order valence-corrected chi connectivity index (χ0v) is 12.0. The highest BCUT2D eigenvalue weighted by Gasteiger charge is 2.29. The van der Waals surface area contributed by atoms with Crippen LogP contribution < -0.4 is 5.32 Å². The number of likely N-dealkylation sites (N-methyl/N-ethyl adjacent to an activating group) is 1. The van der Waals surface area contributed by atoms with Crippen molar-refractivity contribution in [1.82, 2.24) is 9.62 Å². The van der Waals surface area contributed by atoms with E-state index in [1.807, 2.05) is 38.4 Å². The summed E-state index contributed by atoms with van der Waals surface area (Å²) in [6.45, 7) is 6.66. The number of nitrogens with one attached hydrogen (secondary N) is 1. The molecular weight excluding hydrogens is 240 g/mol. The van der Waals surface area contributed by atoms with Gasteiger partial charge in [-0.25, -0.2) is 4.79 Å². The van der Waals surface area contributed by atoms with Crippen LogP contribution in [-0.2, 0) is 9.53 Å². The van der Waals surface area contributed by atoms with Crippen LogP contribution in [0.4, 0.5) is 4.79 Å². The highest BCUT2D eigenvalue weighted by atomic mass is 32.2. The molecule has 0 saturated heterocycles. The molecule has 1 amide bonds. The zero-order chi connectivity index (χ0) is 13.5. The van der Waals surface area contributed by atoms with Crippen molar-refractivity contribution in [2.24, 2.45) is 5.41 Å². The van der Waals surface area contributed by atoms with Gasteiger partial charge in [-0.3, -0.25) is 4.31 Å². The predicted octanol–water partition coefficient (Wildman–Crippen LogP) is 1.54. The lowest BCUT2D eigenvalue weighted by molar-refractivity contribution is -0.107. The van der Waals surface area contributed by atoms with Crippen LogP contribution >= 0.6 is 11.9 Å². The SMILES string of the molecule is CSN(C)CC(OC(=O)NCC=O)C(C)(C)C. The van der Waals surface area contributed by atoms with E-state index in [1.165, 1.54) is 0 Å². The van der Waals surface area contributed by atoms with Crippen molar-refractivity contribution in [1.29, 1.82) is 0 Å². The summed E-state index contributed by atoms with van der Waals surface area (Å²) in [7, 11) is 1.94. The molecule has 0 aromatic rings. The molecule has 100 valence electrons. The van der Waals surface area contributed by atoms with E-state index in [0.29, 0.717) is 12.8 Å². The number of carbonyl (C=O) groups excluding carboxylic acids is 2. The van der Waals surface area contributed by atoms with E-state index in [-0.39, 0.29) is 18.1 Å². The van der Waals surface area contributed by atoms with E-state index in [1.54, 1.807) is 11.9 Å². The number of alkyl carbamates (subject to hydrolysis) is 1. The highest BCUT2D eigenvalue weighted by molar-refractivity contribution is 7.96. The topological polar surface area (TPSA) is 58.6 Å². The van der Waals surface area contributed by atoms with Gasteiger partial charge in [0.1, 0.15) is 12.4 Å². The second kappa shape index (κ2) is 7.55. The fraction of sp³-hybridized carbons (Fsp3) is 0.818. The fourth-order valence-corrected chi connectivity index (χ4v) is 1.38. The van der Waals surface area contributed by atoms with E-state index in [4.69, 9.17) is 4.74 Å². The van der Waals surface area contributed by atoms with Gasteiger partial charge in [0.2, 0.25) is 0 Å². The van der Waals surface area contributed by atoms with E-state index < -0.39 is 6.09 Å². The Balaban J connectivity index is 4.39. The van der Waals surface area contributed by atoms with Crippen molar-refractivity contribution in [3.8, 4) is 0 Å². The van der Waals surface area contributed by atoms with E-state index >= 15 is 0 Å². The maximum Gasteiger partial charge on any atom is 0.407 e. The van der Waals surface area contributed by atoms with Crippen LogP contribution in [0.25, 0.3) is 0 Å². The van der Waals surface area contributed by atoms with Gasteiger partial charge < -0.3 is 14.8 Å². The number of hydrogen-bond donors (Lipinski definition) is 1. The van der Waals surface area contributed by atoms with Gasteiger partial charge >= 0.3 is 6.09 Å². The first-order valence-electron chi connectivity index (χ1n) is 5.44. The van der Waals surface area contributed by atoms with E-state index in [9.17, 15) is 9.59 Å². The summed E-state index contributed by atoms with van der Waals surface area (Å²) in [5.41, 5.74) is -0.150. The van der Waals surface area contributed by atoms with Crippen LogP contribution in [0.5, 0.6) is 0 Å². The lowest BCUT2D eigenvalue weighted by atomic mass is 9.89. The summed E-state index contributed by atoms with van der Waals surface area (Å²) in [4.78, 5) is 21.5. The number of carbonyl (C=O) groups is 2. The average Bonchev–Trinajstić information content (AvgIpc) is 2.23. The number of amides is 1. The van der Waals surface area contributed by atoms with E-state index in [0.717, 1.165) is 0 Å². The summed E-state index contributed by atoms with van der Waals surface area (Å²) in [5, 5.41) is 2.37. The van der Waals surface area contributed by atoms with Crippen molar-refractivity contribution in [2.45, 2.75) is 26.9 Å². The van der Waals surface area contributed by atoms with Gasteiger partial charge in [0, 0.05) is 12.0 Å². The van der Waals surface area contributed by atoms with Gasteiger partial charge in [-0.05, 0) is 13.3 Å². The van der Waals surface area contributed by atoms with Crippen molar-refractivity contribution >= 4 is 24.3 Å². The molecule has 1 N–H and O–H groups in total. The van der Waals surface area contributed by atoms with Gasteiger partial charge in [0.05, 0.1) is 6.54 Å². The Labute approximate surface area is 107 Å². The third-order valence-corrected chi connectivity index (χ3v) is 3.05. The normalized spacial score (nSPS) is 13.3. The Hall–Kier alpha value is -0.750. The highest BCUT2D eigenvalue weighted by Crippen LogP contribution is 2.24. The zero-order valence-electron chi connectivity index (χ0n) is 11.1. The van der Waals surface area contributed by atoms with Crippen LogP contribution in [0.3, 0.4) is 0 Å². The van der Waals surface area contributed by atoms with Crippen LogP contribution in [0.1, 0.15) is 20.8 Å². The Morgan fingerprint density at radius 2 is 2.12 bits per heavy atom. The number of hydrogen-bond acceptors (Lipinski definition) is 5. The molecule has 0 aromatic heterocycles. The first kappa shape index (κ1) is 16.2. The first-order chi connectivity index (χ1) is 7.81. The number of nitrogens with zero attached hydrogens (tertiary/aromatic N) is 1. The predicted molar refractivity (Wildman–Crippen MR) is 69.9 cm³/mol. The molecule has 5 nitrogen and oxygen atoms in total. The summed E-state index contributed by atoms with van der Waals surface area (Å²) >= 11 is 1.58. The number of aldehydes is 1. The summed E-state index contributed by atoms with van der Waals surface area (Å²) in [5.74, 6) is 0. The first-order valence-corrected chi connectivity index (χ1v) is 6.62. The molecule has 6 heteroatoms. The maximum atomic E-state index is 11.4. The molecule has 0 aromatic carbocycles. The molecule has 1 atom stereocenters. The summed E-state index contributed by atoms with van der Waals surface area (Å²) < 4.78 is 7.33. The molecule has 0 spiro atoms. The second-order valence-corrected chi connectivity index (χ2v) is 5.79. The summed E-state index contributed by atoms with van der Waals surface area (Å²) in [6, 6.07) is 0. The lowest BCUT2D eigenvalue weighted by Crippen LogP contribution is -2.42. The average molecular weight is 262 g/mol. The van der Waals surface area contributed by atoms with E-state index in [2.05, 4.69) is 5.32 Å². The van der Waals surface area contributed by atoms with Crippen LogP contribution in [-0.4, -0.2) is 49.2 Å². The Kier molecular flexibility index (Phi) is 7.22. The fourth-order valence-electron chi connectivity index (χ4n) is 1.09. The number of ether oxygens (including phenoxy) is 1. The smallest absolute Gasteiger partial charge is 0.407 e. The molecule has 0 rings (SSSR count). The molecule has 17 heavy (non-hydrogen) atoms. The van der Waals surface area contributed by atoms with Crippen LogP contribution in [0.2, 0.25) is 0 Å². The largest absolute Gasteiger partial charge is 0.444 e. The Morgan fingerprint density at radius 3 is 2.53 bits per heavy atom. The van der Waals surface area contributed by atoms with Crippen LogP contribution in [0.15, 0.2) is 0 Å². The second-order valence-electron chi connectivity index (χ2n) is 4.80. The molecule has 0 saturated carbocycles. The molecule has 0 aliphatic rings. The van der Waals surface area contributed by atoms with Gasteiger partial charge in [-0.2, -0.15) is 0 Å². The van der Waals surface area contributed by atoms with Gasteiger partial charge in [0.15, 0.2) is 0 Å². The van der Waals surface area contributed by atoms with Gasteiger partial charge in [-0.15, -0.1) is 0 Å². The third-order valence-electron chi connectivity index (χ3n) is 2.28. The summed E-state index contributed by atoms with van der Waals surface area (Å²) in [6.07, 6.45) is 1.81. The standard InChI is InChI=1S/C11H22N2O3S/c1-11(2,3)9(8-13(4)17-5)16-10(15)12-6-7-14/h7,9H,6,8H2,1-5H3,(H,12,15). The lowest BCUT2D eigenvalue weighted by Gasteiger charge is -2.32. The molecule has 0 bridgehead atoms. The quantitative estimate of drug-likeness (QED) is 0.581. The molecule has 0 radical (unpaired) electrons. The Morgan fingerprint density at radius 1 is 1.53 bits per heavy atom. The minimum absolute atomic E-state index is 0.0198. The third kappa shape index (κ3) is 7.23. The molecule has 0 aliphatic heterocycles. The molecular formula is C11H22N2O3S. The molecule has 0 aliphatic carbocycles. The minimum Gasteiger partial charge on any atom is -0.444 e. The monoisotopic (exact) mass is 262 g/mol. The Bertz CT molecular complexity index is 254. The maximum absolute atomic E-state index is 11.4. The molecule has 0 fully saturated rings. The van der Waals surface area contributed by atoms with Crippen molar-refractivity contribution in [3.05, 3.63) is 0 Å². The van der Waals surface area contributed by atoms with Crippen molar-refractivity contribution < 1.29 is 14.3 Å². The molecule has 0 heterocycles. The molecule has 1 unspecified atom stereocenters. The minimum atomic E-state index is -0.550.